The zero-order chi connectivity index (χ0) is 21.8. The predicted octanol–water partition coefficient (Wildman–Crippen LogP) is 3.76. The molecule has 2 heterocycles. The number of aromatic nitrogens is 2. The lowest BCUT2D eigenvalue weighted by Crippen LogP contribution is -2.19. The van der Waals surface area contributed by atoms with Gasteiger partial charge in [-0.1, -0.05) is 6.07 Å². The van der Waals surface area contributed by atoms with Gasteiger partial charge >= 0.3 is 5.97 Å². The largest absolute Gasteiger partial charge is 0.477 e. The summed E-state index contributed by atoms with van der Waals surface area (Å²) in [6, 6.07) is 5.48. The molecule has 6 nitrogen and oxygen atoms in total. The third kappa shape index (κ3) is 2.77. The van der Waals surface area contributed by atoms with Gasteiger partial charge in [0.15, 0.2) is 0 Å². The number of pyridine rings is 2. The molecule has 2 N–H and O–H groups in total. The van der Waals surface area contributed by atoms with Gasteiger partial charge in [0.25, 0.3) is 0 Å². The zero-order valence-corrected chi connectivity index (χ0v) is 15.0. The van der Waals surface area contributed by atoms with Crippen LogP contribution in [-0.2, 0) is 0 Å². The summed E-state index contributed by atoms with van der Waals surface area (Å²) >= 11 is 0. The number of carboxylic acids is 1. The van der Waals surface area contributed by atoms with Gasteiger partial charge in [0.2, 0.25) is 5.43 Å². The first-order chi connectivity index (χ1) is 14.1. The molecule has 0 unspecified atom stereocenters. The Balaban J connectivity index is 1.90. The van der Waals surface area contributed by atoms with Gasteiger partial charge in [-0.2, -0.15) is 0 Å². The highest BCUT2D eigenvalue weighted by Crippen LogP contribution is 2.39. The van der Waals surface area contributed by atoms with Crippen LogP contribution in [-0.4, -0.2) is 27.6 Å². The van der Waals surface area contributed by atoms with Gasteiger partial charge in [-0.15, -0.1) is 0 Å². The number of aromatic carboxylic acids is 1. The molecule has 2 aromatic heterocycles. The number of fused-ring (bicyclic) bond motifs is 1. The number of hydrogen-bond acceptors (Lipinski definition) is 4. The molecule has 1 aliphatic carbocycles. The minimum absolute atomic E-state index is 0.186. The first-order valence-electron chi connectivity index (χ1n) is 10.2. The Hall–Kier alpha value is -3.15. The molecule has 0 amide bonds. The number of rotatable bonds is 4. The van der Waals surface area contributed by atoms with Crippen molar-refractivity contribution < 1.29 is 14.0 Å². The highest BCUT2D eigenvalue weighted by Gasteiger charge is 2.28. The fraction of sp³-hybridized carbons (Fsp3) is 0.286. The molecular formula is C21H21N3O3. The lowest BCUT2D eigenvalue weighted by atomic mass is 9.97. The maximum Gasteiger partial charge on any atom is 0.341 e. The summed E-state index contributed by atoms with van der Waals surface area (Å²) in [7, 11) is 0. The van der Waals surface area contributed by atoms with E-state index in [-0.39, 0.29) is 17.4 Å². The summed E-state index contributed by atoms with van der Waals surface area (Å²) in [5.41, 5.74) is 3.20. The molecule has 1 saturated carbocycles. The van der Waals surface area contributed by atoms with E-state index in [0.29, 0.717) is 10.9 Å². The Kier molecular flexibility index (Phi) is 3.22. The maximum absolute atomic E-state index is 12.7. The number of carboxylic acid groups (broad SMARTS) is 1. The third-order valence-electron chi connectivity index (χ3n) is 5.12. The number of hydrogen-bond donors (Lipinski definition) is 2. The first-order valence-corrected chi connectivity index (χ1v) is 8.74. The van der Waals surface area contributed by atoms with Crippen LogP contribution in [0, 0.1) is 13.8 Å². The molecule has 1 aromatic carbocycles. The van der Waals surface area contributed by atoms with Crippen molar-refractivity contribution in [2.45, 2.75) is 32.7 Å². The Bertz CT molecular complexity index is 1240. The number of nitrogens with zero attached hydrogens (tertiary/aromatic N) is 2. The van der Waals surface area contributed by atoms with Crippen molar-refractivity contribution in [3.63, 3.8) is 0 Å². The van der Waals surface area contributed by atoms with Crippen LogP contribution >= 0.6 is 0 Å². The smallest absolute Gasteiger partial charge is 0.341 e. The van der Waals surface area contributed by atoms with E-state index < -0.39 is 18.4 Å². The third-order valence-corrected chi connectivity index (χ3v) is 5.12. The Morgan fingerprint density at radius 2 is 2.15 bits per heavy atom. The van der Waals surface area contributed by atoms with E-state index in [1.54, 1.807) is 25.3 Å². The van der Waals surface area contributed by atoms with Crippen molar-refractivity contribution in [1.29, 1.82) is 0 Å². The van der Waals surface area contributed by atoms with Gasteiger partial charge < -0.3 is 15.0 Å². The van der Waals surface area contributed by atoms with Crippen LogP contribution in [0.4, 0.5) is 5.82 Å². The van der Waals surface area contributed by atoms with E-state index in [4.69, 9.17) is 4.11 Å². The van der Waals surface area contributed by atoms with E-state index >= 15 is 0 Å². The van der Waals surface area contributed by atoms with Gasteiger partial charge in [-0.3, -0.25) is 4.79 Å². The maximum atomic E-state index is 12.7. The highest BCUT2D eigenvalue weighted by atomic mass is 16.4. The molecule has 1 aliphatic rings. The zero-order valence-electron chi connectivity index (χ0n) is 18.0. The average Bonchev–Trinajstić information content (AvgIpc) is 3.48. The number of carbonyl (C=O) groups is 1. The van der Waals surface area contributed by atoms with E-state index in [2.05, 4.69) is 10.3 Å². The van der Waals surface area contributed by atoms with Gasteiger partial charge in [0.05, 0.1) is 5.52 Å². The van der Waals surface area contributed by atoms with Crippen LogP contribution in [0.3, 0.4) is 0 Å². The topological polar surface area (TPSA) is 84.2 Å². The van der Waals surface area contributed by atoms with Crippen LogP contribution in [0.2, 0.25) is 0 Å². The molecule has 0 saturated heterocycles. The molecule has 138 valence electrons. The van der Waals surface area contributed by atoms with Crippen molar-refractivity contribution in [1.82, 2.24) is 9.55 Å². The fourth-order valence-corrected chi connectivity index (χ4v) is 3.58. The molecule has 0 bridgehead atoms. The highest BCUT2D eigenvalue weighted by molar-refractivity contribution is 5.95. The van der Waals surface area contributed by atoms with Gasteiger partial charge in [-0.05, 0) is 55.5 Å². The standard InChI is InChI=1S/C21H21N3O3/c1-11-8-13(9-23-20(11)22-3)15-6-7-16-18(12(15)2)24(14-4-5-14)10-17(19(16)25)21(26)27/h6-10,14H,4-5H2,1-3H3,(H,22,23)(H,26,27)/i3D3. The fourth-order valence-electron chi connectivity index (χ4n) is 3.58. The predicted molar refractivity (Wildman–Crippen MR) is 106 cm³/mol. The summed E-state index contributed by atoms with van der Waals surface area (Å²) in [6.07, 6.45) is 4.93. The summed E-state index contributed by atoms with van der Waals surface area (Å²) in [5.74, 6) is -0.937. The Morgan fingerprint density at radius 3 is 2.78 bits per heavy atom. The molecule has 27 heavy (non-hydrogen) atoms. The van der Waals surface area contributed by atoms with Crippen LogP contribution in [0.15, 0.2) is 35.4 Å². The monoisotopic (exact) mass is 366 g/mol. The van der Waals surface area contributed by atoms with E-state index in [9.17, 15) is 14.7 Å². The normalized spacial score (nSPS) is 15.9. The van der Waals surface area contributed by atoms with E-state index in [1.807, 2.05) is 17.6 Å². The number of nitrogens with one attached hydrogen (secondary N) is 1. The van der Waals surface area contributed by atoms with Crippen molar-refractivity contribution in [2.75, 3.05) is 12.3 Å². The number of anilines is 1. The Morgan fingerprint density at radius 1 is 1.37 bits per heavy atom. The molecule has 0 radical (unpaired) electrons. The summed E-state index contributed by atoms with van der Waals surface area (Å²) < 4.78 is 24.0. The average molecular weight is 366 g/mol. The number of aryl methyl sites for hydroxylation is 2. The van der Waals surface area contributed by atoms with E-state index in [0.717, 1.165) is 35.0 Å². The molecule has 0 atom stereocenters. The van der Waals surface area contributed by atoms with Gasteiger partial charge in [0.1, 0.15) is 11.4 Å². The lowest BCUT2D eigenvalue weighted by molar-refractivity contribution is 0.0695. The quantitative estimate of drug-likeness (QED) is 0.734. The Labute approximate surface area is 160 Å². The molecule has 6 heteroatoms. The van der Waals surface area contributed by atoms with Crippen molar-refractivity contribution in [3.8, 4) is 11.1 Å². The second kappa shape index (κ2) is 6.23. The number of benzene rings is 1. The van der Waals surface area contributed by atoms with Crippen molar-refractivity contribution in [3.05, 3.63) is 57.5 Å². The lowest BCUT2D eigenvalue weighted by Gasteiger charge is -2.17. The van der Waals surface area contributed by atoms with Gasteiger partial charge in [0, 0.05) is 40.5 Å². The van der Waals surface area contributed by atoms with Crippen LogP contribution in [0.5, 0.6) is 0 Å². The summed E-state index contributed by atoms with van der Waals surface area (Å²) in [5, 5.41) is 12.2. The second-order valence-electron chi connectivity index (χ2n) is 6.96. The van der Waals surface area contributed by atoms with Crippen LogP contribution < -0.4 is 10.7 Å². The molecule has 4 rings (SSSR count). The minimum atomic E-state index is -2.33. The van der Waals surface area contributed by atoms with Crippen LogP contribution in [0.25, 0.3) is 22.0 Å². The molecule has 0 spiro atoms. The SMILES string of the molecule is [2H]C([2H])([2H])Nc1ncc(-c2ccc3c(=O)c(C(=O)O)cn(C4CC4)c3c2C)cc1C. The first kappa shape index (κ1) is 14.0. The summed E-state index contributed by atoms with van der Waals surface area (Å²) in [6.45, 7) is 1.35. The minimum Gasteiger partial charge on any atom is -0.477 e. The molecule has 1 fully saturated rings. The molecular weight excluding hydrogens is 342 g/mol. The summed E-state index contributed by atoms with van der Waals surface area (Å²) in [4.78, 5) is 28.5. The van der Waals surface area contributed by atoms with Crippen LogP contribution in [0.1, 0.15) is 44.5 Å². The molecule has 3 aromatic rings. The van der Waals surface area contributed by atoms with Gasteiger partial charge in [-0.25, -0.2) is 9.78 Å². The second-order valence-corrected chi connectivity index (χ2v) is 6.96. The van der Waals surface area contributed by atoms with Crippen molar-refractivity contribution in [2.24, 2.45) is 0 Å². The van der Waals surface area contributed by atoms with Crippen molar-refractivity contribution >= 4 is 22.7 Å². The van der Waals surface area contributed by atoms with E-state index in [1.165, 1.54) is 6.20 Å². The molecule has 0 aliphatic heterocycles.